The average Bonchev–Trinajstić information content (AvgIpc) is 2.97. The van der Waals surface area contributed by atoms with Gasteiger partial charge in [0.05, 0.1) is 5.92 Å². The van der Waals surface area contributed by atoms with Gasteiger partial charge in [-0.25, -0.2) is 4.79 Å². The van der Waals surface area contributed by atoms with Crippen molar-refractivity contribution in [1.82, 2.24) is 10.2 Å². The minimum atomic E-state index is -0.811. The third kappa shape index (κ3) is 2.93. The van der Waals surface area contributed by atoms with Crippen LogP contribution in [0.5, 0.6) is 0 Å². The Bertz CT molecular complexity index is 575. The summed E-state index contributed by atoms with van der Waals surface area (Å²) in [6, 6.07) is 10.2. The van der Waals surface area contributed by atoms with Gasteiger partial charge in [0.25, 0.3) is 0 Å². The highest BCUT2D eigenvalue weighted by molar-refractivity contribution is 5.77. The monoisotopic (exact) mass is 302 g/mol. The van der Waals surface area contributed by atoms with Crippen LogP contribution in [0.25, 0.3) is 0 Å². The first-order valence-electron chi connectivity index (χ1n) is 7.80. The number of aliphatic carboxylic acids is 1. The van der Waals surface area contributed by atoms with Crippen LogP contribution in [0.3, 0.4) is 0 Å². The van der Waals surface area contributed by atoms with Gasteiger partial charge in [-0.05, 0) is 29.7 Å². The molecule has 2 N–H and O–H groups in total. The molecule has 2 amide bonds. The zero-order valence-electron chi connectivity index (χ0n) is 12.8. The number of rotatable bonds is 4. The van der Waals surface area contributed by atoms with Crippen molar-refractivity contribution in [3.8, 4) is 0 Å². The second-order valence-electron chi connectivity index (χ2n) is 6.75. The fraction of sp³-hybridized carbons (Fsp3) is 0.529. The Morgan fingerprint density at radius 3 is 2.73 bits per heavy atom. The zero-order valence-corrected chi connectivity index (χ0v) is 12.8. The first-order valence-corrected chi connectivity index (χ1v) is 7.80. The van der Waals surface area contributed by atoms with Gasteiger partial charge in [0.15, 0.2) is 0 Å². The van der Waals surface area contributed by atoms with E-state index in [4.69, 9.17) is 5.11 Å². The molecule has 1 aliphatic heterocycles. The summed E-state index contributed by atoms with van der Waals surface area (Å²) in [4.78, 5) is 24.7. The van der Waals surface area contributed by atoms with Crippen LogP contribution in [0, 0.1) is 11.3 Å². The summed E-state index contributed by atoms with van der Waals surface area (Å²) in [6.45, 7) is 3.68. The van der Waals surface area contributed by atoms with Crippen molar-refractivity contribution in [2.24, 2.45) is 11.3 Å². The van der Waals surface area contributed by atoms with Crippen LogP contribution in [0.2, 0.25) is 0 Å². The highest BCUT2D eigenvalue weighted by Gasteiger charge is 2.50. The van der Waals surface area contributed by atoms with E-state index < -0.39 is 11.9 Å². The molecule has 3 atom stereocenters. The quantitative estimate of drug-likeness (QED) is 0.896. The number of carboxylic acid groups (broad SMARTS) is 1. The maximum Gasteiger partial charge on any atom is 0.317 e. The lowest BCUT2D eigenvalue weighted by Gasteiger charge is -2.19. The molecule has 2 fully saturated rings. The molecule has 22 heavy (non-hydrogen) atoms. The largest absolute Gasteiger partial charge is 0.481 e. The standard InChI is InChI=1S/C17H22N2O3/c1-17(9-14(17)12-5-3-2-4-6-12)11-18-16(22)19-8-7-13(10-19)15(20)21/h2-6,13-14H,7-11H2,1H3,(H,18,22)(H,20,21)/t13?,14-,17-/m0/s1. The number of hydrogen-bond donors (Lipinski definition) is 2. The first-order chi connectivity index (χ1) is 10.5. The second kappa shape index (κ2) is 5.63. The number of carbonyl (C=O) groups is 2. The lowest BCUT2D eigenvalue weighted by atomic mass is 10.0. The molecule has 3 rings (SSSR count). The van der Waals surface area contributed by atoms with Gasteiger partial charge in [0, 0.05) is 19.6 Å². The van der Waals surface area contributed by atoms with E-state index >= 15 is 0 Å². The molecule has 118 valence electrons. The van der Waals surface area contributed by atoms with E-state index in [9.17, 15) is 9.59 Å². The van der Waals surface area contributed by atoms with E-state index in [1.807, 2.05) is 18.2 Å². The molecule has 1 aromatic rings. The molecule has 1 saturated heterocycles. The molecule has 1 saturated carbocycles. The minimum Gasteiger partial charge on any atom is -0.481 e. The third-order valence-electron chi connectivity index (χ3n) is 5.02. The van der Waals surface area contributed by atoms with Crippen LogP contribution in [0.4, 0.5) is 4.79 Å². The Kier molecular flexibility index (Phi) is 3.81. The van der Waals surface area contributed by atoms with Crippen molar-refractivity contribution in [2.75, 3.05) is 19.6 Å². The summed E-state index contributed by atoms with van der Waals surface area (Å²) >= 11 is 0. The van der Waals surface area contributed by atoms with E-state index in [0.29, 0.717) is 32.0 Å². The molecule has 0 spiro atoms. The van der Waals surface area contributed by atoms with Gasteiger partial charge in [-0.2, -0.15) is 0 Å². The highest BCUT2D eigenvalue weighted by Crippen LogP contribution is 2.58. The number of amides is 2. The number of nitrogens with zero attached hydrogens (tertiary/aromatic N) is 1. The maximum absolute atomic E-state index is 12.2. The SMILES string of the molecule is C[C@@]1(CNC(=O)N2CCC(C(=O)O)C2)C[C@H]1c1ccccc1. The Morgan fingerprint density at radius 1 is 1.36 bits per heavy atom. The van der Waals surface area contributed by atoms with E-state index in [0.717, 1.165) is 6.42 Å². The highest BCUT2D eigenvalue weighted by atomic mass is 16.4. The van der Waals surface area contributed by atoms with Crippen LogP contribution in [0.15, 0.2) is 30.3 Å². The molecule has 1 heterocycles. The third-order valence-corrected chi connectivity index (χ3v) is 5.02. The van der Waals surface area contributed by atoms with Gasteiger partial charge >= 0.3 is 12.0 Å². The van der Waals surface area contributed by atoms with Crippen LogP contribution in [-0.2, 0) is 4.79 Å². The molecule has 0 bridgehead atoms. The Morgan fingerprint density at radius 2 is 2.09 bits per heavy atom. The van der Waals surface area contributed by atoms with Crippen molar-refractivity contribution >= 4 is 12.0 Å². The van der Waals surface area contributed by atoms with Crippen LogP contribution in [-0.4, -0.2) is 41.6 Å². The van der Waals surface area contributed by atoms with Crippen molar-refractivity contribution in [1.29, 1.82) is 0 Å². The van der Waals surface area contributed by atoms with Gasteiger partial charge < -0.3 is 15.3 Å². The summed E-state index contributed by atoms with van der Waals surface area (Å²) < 4.78 is 0. The zero-order chi connectivity index (χ0) is 15.7. The Hall–Kier alpha value is -2.04. The van der Waals surface area contributed by atoms with Gasteiger partial charge in [-0.3, -0.25) is 4.79 Å². The number of nitrogens with one attached hydrogen (secondary N) is 1. The van der Waals surface area contributed by atoms with Gasteiger partial charge in [-0.15, -0.1) is 0 Å². The molecular weight excluding hydrogens is 280 g/mol. The van der Waals surface area contributed by atoms with Gasteiger partial charge in [0.1, 0.15) is 0 Å². The van der Waals surface area contributed by atoms with Gasteiger partial charge in [-0.1, -0.05) is 37.3 Å². The predicted molar refractivity (Wildman–Crippen MR) is 82.6 cm³/mol. The topological polar surface area (TPSA) is 69.6 Å². The first kappa shape index (κ1) is 14.9. The molecule has 1 unspecified atom stereocenters. The van der Waals surface area contributed by atoms with E-state index in [2.05, 4.69) is 24.4 Å². The van der Waals surface area contributed by atoms with Crippen molar-refractivity contribution in [3.63, 3.8) is 0 Å². The summed E-state index contributed by atoms with van der Waals surface area (Å²) in [5.74, 6) is -0.729. The fourth-order valence-corrected chi connectivity index (χ4v) is 3.34. The van der Waals surface area contributed by atoms with Crippen LogP contribution < -0.4 is 5.32 Å². The van der Waals surface area contributed by atoms with Gasteiger partial charge in [0.2, 0.25) is 0 Å². The average molecular weight is 302 g/mol. The smallest absolute Gasteiger partial charge is 0.317 e. The van der Waals surface area contributed by atoms with E-state index in [1.165, 1.54) is 5.56 Å². The maximum atomic E-state index is 12.2. The number of urea groups is 1. The fourth-order valence-electron chi connectivity index (χ4n) is 3.34. The summed E-state index contributed by atoms with van der Waals surface area (Å²) in [6.07, 6.45) is 1.63. The summed E-state index contributed by atoms with van der Waals surface area (Å²) in [5, 5.41) is 12.0. The molecular formula is C17H22N2O3. The minimum absolute atomic E-state index is 0.114. The second-order valence-corrected chi connectivity index (χ2v) is 6.75. The number of carboxylic acids is 1. The molecule has 1 aliphatic carbocycles. The van der Waals surface area contributed by atoms with E-state index in [-0.39, 0.29) is 11.4 Å². The molecule has 2 aliphatic rings. The number of likely N-dealkylation sites (tertiary alicyclic amines) is 1. The van der Waals surface area contributed by atoms with Crippen LogP contribution >= 0.6 is 0 Å². The van der Waals surface area contributed by atoms with Crippen molar-refractivity contribution in [2.45, 2.75) is 25.7 Å². The van der Waals surface area contributed by atoms with Crippen molar-refractivity contribution in [3.05, 3.63) is 35.9 Å². The normalized spacial score (nSPS) is 30.1. The Labute approximate surface area is 130 Å². The lowest BCUT2D eigenvalue weighted by molar-refractivity contribution is -0.141. The predicted octanol–water partition coefficient (Wildman–Crippen LogP) is 2.30. The lowest BCUT2D eigenvalue weighted by Crippen LogP contribution is -2.41. The molecule has 5 heteroatoms. The van der Waals surface area contributed by atoms with Crippen LogP contribution in [0.1, 0.15) is 31.2 Å². The number of hydrogen-bond acceptors (Lipinski definition) is 2. The molecule has 1 aromatic carbocycles. The summed E-state index contributed by atoms with van der Waals surface area (Å²) in [5.41, 5.74) is 1.44. The molecule has 0 aromatic heterocycles. The molecule has 0 radical (unpaired) electrons. The number of carbonyl (C=O) groups excluding carboxylic acids is 1. The van der Waals surface area contributed by atoms with Crippen molar-refractivity contribution < 1.29 is 14.7 Å². The van der Waals surface area contributed by atoms with E-state index in [1.54, 1.807) is 4.90 Å². The summed E-state index contributed by atoms with van der Waals surface area (Å²) in [7, 11) is 0. The number of benzene rings is 1. The Balaban J connectivity index is 1.49. The molecule has 5 nitrogen and oxygen atoms in total.